The van der Waals surface area contributed by atoms with Crippen molar-refractivity contribution in [3.63, 3.8) is 0 Å². The molecule has 0 N–H and O–H groups in total. The smallest absolute Gasteiger partial charge is 0.744 e. The van der Waals surface area contributed by atoms with Crippen molar-refractivity contribution in [3.05, 3.63) is 39.7 Å². The van der Waals surface area contributed by atoms with Gasteiger partial charge < -0.3 is 8.97 Å². The number of aryl methyl sites for hydroxylation is 1. The fourth-order valence-corrected chi connectivity index (χ4v) is 2.03. The summed E-state index contributed by atoms with van der Waals surface area (Å²) in [6.45, 7) is 3.23. The average Bonchev–Trinajstić information content (AvgIpc) is 2.24. The van der Waals surface area contributed by atoms with E-state index in [4.69, 9.17) is 4.42 Å². The first-order chi connectivity index (χ1) is 7.80. The normalized spacial score (nSPS) is 11.3. The molecule has 1 heterocycles. The number of fused-ring (bicyclic) bond motifs is 1. The second kappa shape index (κ2) is 5.14. The van der Waals surface area contributed by atoms with Gasteiger partial charge in [0.05, 0.1) is 10.3 Å². The SMILES string of the molecule is Cc1oc2ccc(S(=O)(=O)[O-])cc2c(=O)c1C.[Na+]. The molecule has 0 saturated carbocycles. The minimum absolute atomic E-state index is 0. The molecule has 0 fully saturated rings. The van der Waals surface area contributed by atoms with E-state index in [1.54, 1.807) is 13.8 Å². The molecular formula is C11H9NaO5S. The first-order valence-electron chi connectivity index (χ1n) is 4.80. The van der Waals surface area contributed by atoms with Crippen molar-refractivity contribution in [1.29, 1.82) is 0 Å². The molecule has 0 saturated heterocycles. The first kappa shape index (κ1) is 15.4. The Balaban J connectivity index is 0.00000162. The fourth-order valence-electron chi connectivity index (χ4n) is 1.53. The minimum atomic E-state index is -4.56. The van der Waals surface area contributed by atoms with Crippen LogP contribution in [0.25, 0.3) is 11.0 Å². The van der Waals surface area contributed by atoms with Crippen LogP contribution in [0.1, 0.15) is 11.3 Å². The summed E-state index contributed by atoms with van der Waals surface area (Å²) in [6, 6.07) is 3.49. The second-order valence-electron chi connectivity index (χ2n) is 3.72. The standard InChI is InChI=1S/C11H10O5S.Na/c1-6-7(2)16-10-4-3-8(17(13,14)15)5-9(10)11(6)12;/h3-5H,1-2H3,(H,13,14,15);/q;+1/p-1. The summed E-state index contributed by atoms with van der Waals surface area (Å²) in [4.78, 5) is 11.4. The van der Waals surface area contributed by atoms with E-state index < -0.39 is 15.0 Å². The van der Waals surface area contributed by atoms with Crippen molar-refractivity contribution in [2.45, 2.75) is 18.7 Å². The van der Waals surface area contributed by atoms with Crippen LogP contribution >= 0.6 is 0 Å². The number of rotatable bonds is 1. The van der Waals surface area contributed by atoms with Gasteiger partial charge in [0, 0.05) is 5.56 Å². The topological polar surface area (TPSA) is 87.4 Å². The zero-order valence-electron chi connectivity index (χ0n) is 10.2. The predicted molar refractivity (Wildman–Crippen MR) is 59.9 cm³/mol. The summed E-state index contributed by atoms with van der Waals surface area (Å²) in [6.07, 6.45) is 0. The predicted octanol–water partition coefficient (Wildman–Crippen LogP) is -1.68. The summed E-state index contributed by atoms with van der Waals surface area (Å²) in [5.74, 6) is 0.472. The Morgan fingerprint density at radius 3 is 2.39 bits per heavy atom. The molecule has 7 heteroatoms. The molecule has 90 valence electrons. The largest absolute Gasteiger partial charge is 1.00 e. The number of hydrogen-bond donors (Lipinski definition) is 0. The average molecular weight is 276 g/mol. The van der Waals surface area contributed by atoms with Gasteiger partial charge in [-0.2, -0.15) is 0 Å². The molecule has 18 heavy (non-hydrogen) atoms. The van der Waals surface area contributed by atoms with E-state index in [1.807, 2.05) is 0 Å². The van der Waals surface area contributed by atoms with Crippen LogP contribution in [0.2, 0.25) is 0 Å². The van der Waals surface area contributed by atoms with Crippen LogP contribution in [0.3, 0.4) is 0 Å². The van der Waals surface area contributed by atoms with E-state index in [-0.39, 0.29) is 46.0 Å². The van der Waals surface area contributed by atoms with Crippen molar-refractivity contribution in [1.82, 2.24) is 0 Å². The second-order valence-corrected chi connectivity index (χ2v) is 5.10. The van der Waals surface area contributed by atoms with Gasteiger partial charge in [-0.1, -0.05) is 0 Å². The third-order valence-electron chi connectivity index (χ3n) is 2.62. The van der Waals surface area contributed by atoms with E-state index in [1.165, 1.54) is 6.07 Å². The summed E-state index contributed by atoms with van der Waals surface area (Å²) in [5.41, 5.74) is 0.345. The van der Waals surface area contributed by atoms with E-state index in [2.05, 4.69) is 0 Å². The van der Waals surface area contributed by atoms with E-state index in [0.29, 0.717) is 11.3 Å². The molecule has 2 rings (SSSR count). The van der Waals surface area contributed by atoms with Crippen LogP contribution in [0.5, 0.6) is 0 Å². The molecule has 0 aliphatic heterocycles. The Labute approximate surface area is 126 Å². The summed E-state index contributed by atoms with van der Waals surface area (Å²) < 4.78 is 37.9. The van der Waals surface area contributed by atoms with Crippen molar-refractivity contribution < 1.29 is 46.9 Å². The summed E-state index contributed by atoms with van der Waals surface area (Å²) >= 11 is 0. The van der Waals surface area contributed by atoms with Crippen molar-refractivity contribution in [3.8, 4) is 0 Å². The van der Waals surface area contributed by atoms with Crippen molar-refractivity contribution >= 4 is 21.1 Å². The number of benzene rings is 1. The summed E-state index contributed by atoms with van der Waals surface area (Å²) in [5, 5.41) is 0.102. The third-order valence-corrected chi connectivity index (χ3v) is 3.45. The fraction of sp³-hybridized carbons (Fsp3) is 0.182. The van der Waals surface area contributed by atoms with Gasteiger partial charge in [0.1, 0.15) is 21.5 Å². The Morgan fingerprint density at radius 2 is 1.83 bits per heavy atom. The van der Waals surface area contributed by atoms with Crippen LogP contribution in [0.15, 0.2) is 32.3 Å². The van der Waals surface area contributed by atoms with Gasteiger partial charge in [0.2, 0.25) is 0 Å². The molecule has 0 bridgehead atoms. The maximum absolute atomic E-state index is 11.9. The Hall–Kier alpha value is -0.660. The Bertz CT molecular complexity index is 761. The zero-order chi connectivity index (χ0) is 12.8. The van der Waals surface area contributed by atoms with Crippen LogP contribution in [0.4, 0.5) is 0 Å². The molecular weight excluding hydrogens is 267 g/mol. The van der Waals surface area contributed by atoms with E-state index in [0.717, 1.165) is 12.1 Å². The van der Waals surface area contributed by atoms with Crippen LogP contribution in [-0.2, 0) is 10.1 Å². The molecule has 1 aromatic heterocycles. The molecule has 0 amide bonds. The van der Waals surface area contributed by atoms with Crippen LogP contribution < -0.4 is 35.0 Å². The molecule has 0 atom stereocenters. The first-order valence-corrected chi connectivity index (χ1v) is 6.21. The maximum atomic E-state index is 11.9. The molecule has 0 aliphatic carbocycles. The Kier molecular flexibility index (Phi) is 4.40. The minimum Gasteiger partial charge on any atom is -0.744 e. The molecule has 0 unspecified atom stereocenters. The molecule has 5 nitrogen and oxygen atoms in total. The zero-order valence-corrected chi connectivity index (χ0v) is 13.0. The monoisotopic (exact) mass is 276 g/mol. The summed E-state index contributed by atoms with van der Waals surface area (Å²) in [7, 11) is -4.56. The molecule has 2 aromatic rings. The van der Waals surface area contributed by atoms with Gasteiger partial charge in [-0.3, -0.25) is 4.79 Å². The van der Waals surface area contributed by atoms with Crippen molar-refractivity contribution in [2.75, 3.05) is 0 Å². The molecule has 1 aromatic carbocycles. The third kappa shape index (κ3) is 2.67. The van der Waals surface area contributed by atoms with Gasteiger partial charge in [0.15, 0.2) is 5.43 Å². The molecule has 0 radical (unpaired) electrons. The van der Waals surface area contributed by atoms with Crippen LogP contribution in [-0.4, -0.2) is 13.0 Å². The van der Waals surface area contributed by atoms with E-state index in [9.17, 15) is 17.8 Å². The van der Waals surface area contributed by atoms with Gasteiger partial charge in [-0.05, 0) is 32.0 Å². The van der Waals surface area contributed by atoms with E-state index >= 15 is 0 Å². The van der Waals surface area contributed by atoms with Crippen molar-refractivity contribution in [2.24, 2.45) is 0 Å². The van der Waals surface area contributed by atoms with Crippen LogP contribution in [0, 0.1) is 13.8 Å². The van der Waals surface area contributed by atoms with Gasteiger partial charge in [-0.25, -0.2) is 8.42 Å². The maximum Gasteiger partial charge on any atom is 1.00 e. The Morgan fingerprint density at radius 1 is 1.22 bits per heavy atom. The molecule has 0 spiro atoms. The van der Waals surface area contributed by atoms with Gasteiger partial charge in [0.25, 0.3) is 0 Å². The van der Waals surface area contributed by atoms with Gasteiger partial charge in [-0.15, -0.1) is 0 Å². The number of hydrogen-bond acceptors (Lipinski definition) is 5. The van der Waals surface area contributed by atoms with Gasteiger partial charge >= 0.3 is 29.6 Å². The quantitative estimate of drug-likeness (QED) is 0.458. The molecule has 0 aliphatic rings.